The maximum absolute atomic E-state index is 5.53. The van der Waals surface area contributed by atoms with Crippen molar-refractivity contribution < 1.29 is 4.74 Å². The Morgan fingerprint density at radius 1 is 1.40 bits per heavy atom. The van der Waals surface area contributed by atoms with Crippen LogP contribution in [0.3, 0.4) is 0 Å². The number of rotatable bonds is 6. The molecule has 0 radical (unpaired) electrons. The highest BCUT2D eigenvalue weighted by Gasteiger charge is 2.01. The lowest BCUT2D eigenvalue weighted by Gasteiger charge is -2.11. The molecule has 0 aromatic rings. The Bertz CT molecular complexity index is 62.3. The summed E-state index contributed by atoms with van der Waals surface area (Å²) in [6.45, 7) is 5.25. The van der Waals surface area contributed by atoms with Crippen molar-refractivity contribution in [3.05, 3.63) is 0 Å². The minimum Gasteiger partial charge on any atom is -0.377 e. The van der Waals surface area contributed by atoms with Crippen LogP contribution in [0.2, 0.25) is 0 Å². The van der Waals surface area contributed by atoms with E-state index in [4.69, 9.17) is 4.74 Å². The van der Waals surface area contributed by atoms with Gasteiger partial charge in [-0.15, -0.1) is 0 Å². The van der Waals surface area contributed by atoms with E-state index in [0.717, 1.165) is 18.4 Å². The quantitative estimate of drug-likeness (QED) is 0.482. The van der Waals surface area contributed by atoms with Gasteiger partial charge < -0.3 is 4.74 Å². The molecule has 1 atom stereocenters. The van der Waals surface area contributed by atoms with E-state index in [1.54, 1.807) is 0 Å². The Morgan fingerprint density at radius 3 is 2.50 bits per heavy atom. The lowest BCUT2D eigenvalue weighted by molar-refractivity contribution is 0.0656. The Labute approximate surface area is 72.3 Å². The van der Waals surface area contributed by atoms with E-state index in [0.29, 0.717) is 6.10 Å². The maximum Gasteiger partial charge on any atom is 0.0669 e. The summed E-state index contributed by atoms with van der Waals surface area (Å²) in [5.74, 6) is 0. The van der Waals surface area contributed by atoms with Gasteiger partial charge in [-0.3, -0.25) is 0 Å². The van der Waals surface area contributed by atoms with Crippen LogP contribution in [0.1, 0.15) is 33.1 Å². The molecule has 0 N–H and O–H groups in total. The molecule has 0 amide bonds. The third kappa shape index (κ3) is 5.24. The fourth-order valence-corrected chi connectivity index (χ4v) is 1.31. The summed E-state index contributed by atoms with van der Waals surface area (Å²) >= 11 is 3.40. The van der Waals surface area contributed by atoms with Crippen molar-refractivity contribution in [2.45, 2.75) is 39.2 Å². The van der Waals surface area contributed by atoms with E-state index in [2.05, 4.69) is 29.8 Å². The van der Waals surface area contributed by atoms with Crippen LogP contribution in [-0.4, -0.2) is 18.0 Å². The van der Waals surface area contributed by atoms with Gasteiger partial charge in [0.15, 0.2) is 0 Å². The number of alkyl halides is 1. The van der Waals surface area contributed by atoms with E-state index in [1.807, 2.05) is 0 Å². The summed E-state index contributed by atoms with van der Waals surface area (Å²) in [6.07, 6.45) is 3.93. The van der Waals surface area contributed by atoms with Gasteiger partial charge in [0.25, 0.3) is 0 Å². The van der Waals surface area contributed by atoms with Gasteiger partial charge in [-0.25, -0.2) is 0 Å². The van der Waals surface area contributed by atoms with Gasteiger partial charge in [-0.1, -0.05) is 36.2 Å². The highest BCUT2D eigenvalue weighted by atomic mass is 79.9. The van der Waals surface area contributed by atoms with Gasteiger partial charge in [-0.2, -0.15) is 0 Å². The Kier molecular flexibility index (Phi) is 7.88. The number of hydrogen-bond donors (Lipinski definition) is 0. The highest BCUT2D eigenvalue weighted by molar-refractivity contribution is 9.09. The number of halogens is 1. The molecule has 10 heavy (non-hydrogen) atoms. The molecule has 0 spiro atoms. The standard InChI is InChI=1S/C8H17BrO/c1-3-5-6-10-8(4-2)7-9/h8H,3-7H2,1-2H3. The maximum atomic E-state index is 5.53. The van der Waals surface area contributed by atoms with Crippen molar-refractivity contribution in [3.8, 4) is 0 Å². The topological polar surface area (TPSA) is 9.23 Å². The summed E-state index contributed by atoms with van der Waals surface area (Å²) in [7, 11) is 0. The van der Waals surface area contributed by atoms with Crippen LogP contribution in [0.15, 0.2) is 0 Å². The molecule has 0 aromatic carbocycles. The Balaban J connectivity index is 3.09. The predicted octanol–water partition coefficient (Wildman–Crippen LogP) is 2.98. The van der Waals surface area contributed by atoms with Crippen LogP contribution < -0.4 is 0 Å². The lowest BCUT2D eigenvalue weighted by atomic mass is 10.3. The summed E-state index contributed by atoms with van der Waals surface area (Å²) in [6, 6.07) is 0. The van der Waals surface area contributed by atoms with Crippen LogP contribution in [0.4, 0.5) is 0 Å². The average Bonchev–Trinajstić information content (AvgIpc) is 1.99. The molecule has 0 heterocycles. The predicted molar refractivity (Wildman–Crippen MR) is 48.7 cm³/mol. The zero-order valence-electron chi connectivity index (χ0n) is 6.90. The molecular formula is C8H17BrO. The molecule has 2 heteroatoms. The second kappa shape index (κ2) is 7.55. The van der Waals surface area contributed by atoms with Crippen molar-refractivity contribution >= 4 is 15.9 Å². The summed E-state index contributed by atoms with van der Waals surface area (Å²) in [5, 5.41) is 0.965. The smallest absolute Gasteiger partial charge is 0.0669 e. The highest BCUT2D eigenvalue weighted by Crippen LogP contribution is 2.02. The van der Waals surface area contributed by atoms with Crippen molar-refractivity contribution in [1.82, 2.24) is 0 Å². The van der Waals surface area contributed by atoms with Gasteiger partial charge in [0, 0.05) is 11.9 Å². The minimum absolute atomic E-state index is 0.423. The number of ether oxygens (including phenoxy) is 1. The fraction of sp³-hybridized carbons (Fsp3) is 1.00. The van der Waals surface area contributed by atoms with Gasteiger partial charge in [0.2, 0.25) is 0 Å². The van der Waals surface area contributed by atoms with E-state index >= 15 is 0 Å². The first-order valence-corrected chi connectivity index (χ1v) is 5.14. The number of unbranched alkanes of at least 4 members (excludes halogenated alkanes) is 1. The first-order valence-electron chi connectivity index (χ1n) is 4.02. The molecule has 1 nitrogen and oxygen atoms in total. The molecule has 0 bridgehead atoms. The van der Waals surface area contributed by atoms with Crippen molar-refractivity contribution in [3.63, 3.8) is 0 Å². The second-order valence-corrected chi connectivity index (χ2v) is 3.06. The molecule has 0 aliphatic rings. The molecule has 0 aromatic heterocycles. The molecule has 0 saturated carbocycles. The molecule has 0 aliphatic heterocycles. The Morgan fingerprint density at radius 2 is 2.10 bits per heavy atom. The summed E-state index contributed by atoms with van der Waals surface area (Å²) in [5.41, 5.74) is 0. The number of hydrogen-bond acceptors (Lipinski definition) is 1. The van der Waals surface area contributed by atoms with Gasteiger partial charge in [0.1, 0.15) is 0 Å². The molecule has 0 rings (SSSR count). The molecule has 1 unspecified atom stereocenters. The van der Waals surface area contributed by atoms with Crippen LogP contribution >= 0.6 is 15.9 Å². The van der Waals surface area contributed by atoms with E-state index in [-0.39, 0.29) is 0 Å². The van der Waals surface area contributed by atoms with E-state index < -0.39 is 0 Å². The van der Waals surface area contributed by atoms with E-state index in [9.17, 15) is 0 Å². The third-order valence-corrected chi connectivity index (χ3v) is 2.20. The Hall–Kier alpha value is 0.440. The lowest BCUT2D eigenvalue weighted by Crippen LogP contribution is -2.13. The zero-order valence-corrected chi connectivity index (χ0v) is 8.49. The first kappa shape index (κ1) is 10.4. The zero-order chi connectivity index (χ0) is 7.82. The molecule has 0 saturated heterocycles. The van der Waals surface area contributed by atoms with Gasteiger partial charge in [0.05, 0.1) is 6.10 Å². The van der Waals surface area contributed by atoms with E-state index in [1.165, 1.54) is 12.8 Å². The third-order valence-electron chi connectivity index (χ3n) is 1.48. The van der Waals surface area contributed by atoms with Gasteiger partial charge >= 0.3 is 0 Å². The van der Waals surface area contributed by atoms with Crippen molar-refractivity contribution in [2.75, 3.05) is 11.9 Å². The molecule has 0 aliphatic carbocycles. The fourth-order valence-electron chi connectivity index (χ4n) is 0.666. The first-order chi connectivity index (χ1) is 4.85. The second-order valence-electron chi connectivity index (χ2n) is 2.41. The van der Waals surface area contributed by atoms with Crippen LogP contribution in [-0.2, 0) is 4.74 Å². The van der Waals surface area contributed by atoms with Crippen molar-refractivity contribution in [2.24, 2.45) is 0 Å². The molecule has 62 valence electrons. The monoisotopic (exact) mass is 208 g/mol. The minimum atomic E-state index is 0.423. The van der Waals surface area contributed by atoms with Gasteiger partial charge in [-0.05, 0) is 12.8 Å². The summed E-state index contributed by atoms with van der Waals surface area (Å²) < 4.78 is 5.53. The SMILES string of the molecule is CCCCOC(CC)CBr. The van der Waals surface area contributed by atoms with Crippen LogP contribution in [0, 0.1) is 0 Å². The molecule has 0 fully saturated rings. The van der Waals surface area contributed by atoms with Crippen LogP contribution in [0.5, 0.6) is 0 Å². The largest absolute Gasteiger partial charge is 0.377 e. The molecular weight excluding hydrogens is 192 g/mol. The average molecular weight is 209 g/mol. The normalized spacial score (nSPS) is 13.5. The van der Waals surface area contributed by atoms with Crippen molar-refractivity contribution in [1.29, 1.82) is 0 Å². The summed E-state index contributed by atoms with van der Waals surface area (Å²) in [4.78, 5) is 0. The van der Waals surface area contributed by atoms with Crippen LogP contribution in [0.25, 0.3) is 0 Å².